The highest BCUT2D eigenvalue weighted by molar-refractivity contribution is 5.74. The number of alkyl halides is 6. The lowest BCUT2D eigenvalue weighted by Gasteiger charge is -2.24. The first-order valence-electron chi connectivity index (χ1n) is 4.48. The molecule has 2 rings (SSSR count). The Morgan fingerprint density at radius 3 is 2.00 bits per heavy atom. The van der Waals surface area contributed by atoms with E-state index in [-0.39, 0.29) is 0 Å². The standard InChI is InChI=1S/C10H5F6N/c11-8(12)5-6(7-3-1-2-4-17-7)9(13,14)10(8,15)16/h1-5H. The van der Waals surface area contributed by atoms with Crippen LogP contribution in [0.1, 0.15) is 5.69 Å². The van der Waals surface area contributed by atoms with E-state index in [1.165, 1.54) is 12.1 Å². The molecule has 92 valence electrons. The SMILES string of the molecule is FC1(F)C=C(c2ccccn2)C(F)(F)C1(F)F. The zero-order valence-corrected chi connectivity index (χ0v) is 8.10. The Balaban J connectivity index is 2.58. The Morgan fingerprint density at radius 1 is 0.941 bits per heavy atom. The summed E-state index contributed by atoms with van der Waals surface area (Å²) in [5.41, 5.74) is -2.04. The molecule has 1 heterocycles. The van der Waals surface area contributed by atoms with Crippen molar-refractivity contribution in [1.29, 1.82) is 0 Å². The van der Waals surface area contributed by atoms with E-state index in [1.807, 2.05) is 0 Å². The lowest BCUT2D eigenvalue weighted by molar-refractivity contribution is -0.257. The maximum absolute atomic E-state index is 13.2. The highest BCUT2D eigenvalue weighted by atomic mass is 19.3. The van der Waals surface area contributed by atoms with Crippen LogP contribution in [0.4, 0.5) is 26.3 Å². The van der Waals surface area contributed by atoms with Gasteiger partial charge in [-0.05, 0) is 12.1 Å². The molecule has 17 heavy (non-hydrogen) atoms. The number of nitrogens with zero attached hydrogens (tertiary/aromatic N) is 1. The third kappa shape index (κ3) is 1.44. The van der Waals surface area contributed by atoms with E-state index in [0.29, 0.717) is 0 Å². The maximum atomic E-state index is 13.2. The second kappa shape index (κ2) is 3.24. The molecule has 0 unspecified atom stereocenters. The first-order chi connectivity index (χ1) is 7.70. The van der Waals surface area contributed by atoms with Crippen LogP contribution in [-0.4, -0.2) is 22.8 Å². The van der Waals surface area contributed by atoms with Crippen LogP contribution in [0, 0.1) is 0 Å². The van der Waals surface area contributed by atoms with Crippen molar-refractivity contribution in [2.45, 2.75) is 17.8 Å². The number of pyridine rings is 1. The Kier molecular flexibility index (Phi) is 2.28. The van der Waals surface area contributed by atoms with Gasteiger partial charge >= 0.3 is 17.8 Å². The summed E-state index contributed by atoms with van der Waals surface area (Å²) in [5, 5.41) is 0. The smallest absolute Gasteiger partial charge is 0.256 e. The summed E-state index contributed by atoms with van der Waals surface area (Å²) >= 11 is 0. The number of hydrogen-bond acceptors (Lipinski definition) is 1. The van der Waals surface area contributed by atoms with E-state index in [9.17, 15) is 26.3 Å². The third-order valence-electron chi connectivity index (χ3n) is 2.42. The van der Waals surface area contributed by atoms with Crippen molar-refractivity contribution < 1.29 is 26.3 Å². The first kappa shape index (κ1) is 11.9. The Hall–Kier alpha value is -1.53. The molecule has 1 aliphatic carbocycles. The van der Waals surface area contributed by atoms with Crippen molar-refractivity contribution in [2.75, 3.05) is 0 Å². The second-order valence-corrected chi connectivity index (χ2v) is 3.54. The van der Waals surface area contributed by atoms with E-state index >= 15 is 0 Å². The van der Waals surface area contributed by atoms with Crippen LogP contribution in [0.25, 0.3) is 5.57 Å². The van der Waals surface area contributed by atoms with Gasteiger partial charge in [0, 0.05) is 12.3 Å². The third-order valence-corrected chi connectivity index (χ3v) is 2.42. The van der Waals surface area contributed by atoms with Crippen LogP contribution in [0.2, 0.25) is 0 Å². The van der Waals surface area contributed by atoms with Gasteiger partial charge in [-0.3, -0.25) is 4.98 Å². The number of allylic oxidation sites excluding steroid dienone is 2. The Morgan fingerprint density at radius 2 is 1.59 bits per heavy atom. The molecule has 0 N–H and O–H groups in total. The molecular weight excluding hydrogens is 248 g/mol. The Labute approximate surface area is 91.8 Å². The van der Waals surface area contributed by atoms with Gasteiger partial charge in [-0.15, -0.1) is 0 Å². The average Bonchev–Trinajstić information content (AvgIpc) is 2.37. The molecule has 0 spiro atoms. The van der Waals surface area contributed by atoms with Crippen molar-refractivity contribution in [3.63, 3.8) is 0 Å². The van der Waals surface area contributed by atoms with Crippen molar-refractivity contribution >= 4 is 5.57 Å². The minimum atomic E-state index is -5.44. The van der Waals surface area contributed by atoms with Gasteiger partial charge in [-0.1, -0.05) is 6.07 Å². The van der Waals surface area contributed by atoms with Gasteiger partial charge in [-0.25, -0.2) is 0 Å². The van der Waals surface area contributed by atoms with E-state index in [4.69, 9.17) is 0 Å². The predicted octanol–water partition coefficient (Wildman–Crippen LogP) is 3.38. The molecule has 0 amide bonds. The highest BCUT2D eigenvalue weighted by Crippen LogP contribution is 2.57. The monoisotopic (exact) mass is 253 g/mol. The molecule has 1 aromatic heterocycles. The molecule has 1 aliphatic rings. The number of aromatic nitrogens is 1. The fourth-order valence-corrected chi connectivity index (χ4v) is 1.50. The molecule has 0 aromatic carbocycles. The topological polar surface area (TPSA) is 12.9 Å². The summed E-state index contributed by atoms with van der Waals surface area (Å²) in [6, 6.07) is 3.57. The van der Waals surface area contributed by atoms with Gasteiger partial charge < -0.3 is 0 Å². The largest absolute Gasteiger partial charge is 0.380 e. The van der Waals surface area contributed by atoms with E-state index in [1.54, 1.807) is 0 Å². The van der Waals surface area contributed by atoms with Gasteiger partial charge in [0.2, 0.25) is 0 Å². The van der Waals surface area contributed by atoms with Crippen molar-refractivity contribution in [1.82, 2.24) is 4.98 Å². The van der Waals surface area contributed by atoms with Gasteiger partial charge in [0.15, 0.2) is 0 Å². The van der Waals surface area contributed by atoms with Crippen LogP contribution < -0.4 is 0 Å². The molecular formula is C10H5F6N. The maximum Gasteiger partial charge on any atom is 0.380 e. The molecule has 0 atom stereocenters. The van der Waals surface area contributed by atoms with E-state index < -0.39 is 35.1 Å². The zero-order chi connectivity index (χ0) is 12.9. The van der Waals surface area contributed by atoms with Crippen molar-refractivity contribution in [3.8, 4) is 0 Å². The van der Waals surface area contributed by atoms with Gasteiger partial charge in [0.05, 0.1) is 11.3 Å². The molecule has 7 heteroatoms. The van der Waals surface area contributed by atoms with E-state index in [0.717, 1.165) is 12.3 Å². The van der Waals surface area contributed by atoms with E-state index in [2.05, 4.69) is 4.98 Å². The number of rotatable bonds is 1. The van der Waals surface area contributed by atoms with Crippen LogP contribution in [0.5, 0.6) is 0 Å². The fraction of sp³-hybridized carbons (Fsp3) is 0.300. The highest BCUT2D eigenvalue weighted by Gasteiger charge is 2.77. The molecule has 1 nitrogen and oxygen atoms in total. The summed E-state index contributed by atoms with van der Waals surface area (Å²) in [6.07, 6.45) is 0.635. The predicted molar refractivity (Wildman–Crippen MR) is 47.1 cm³/mol. The van der Waals surface area contributed by atoms with Gasteiger partial charge in [0.1, 0.15) is 0 Å². The fourth-order valence-electron chi connectivity index (χ4n) is 1.50. The summed E-state index contributed by atoms with van der Waals surface area (Å²) < 4.78 is 77.8. The Bertz CT molecular complexity index is 465. The van der Waals surface area contributed by atoms with Gasteiger partial charge in [-0.2, -0.15) is 26.3 Å². The minimum absolute atomic E-state index is 0.421. The minimum Gasteiger partial charge on any atom is -0.256 e. The molecule has 0 saturated carbocycles. The second-order valence-electron chi connectivity index (χ2n) is 3.54. The summed E-state index contributed by atoms with van der Waals surface area (Å²) in [5.74, 6) is -15.3. The van der Waals surface area contributed by atoms with Crippen LogP contribution in [0.3, 0.4) is 0 Å². The zero-order valence-electron chi connectivity index (χ0n) is 8.10. The molecule has 0 bridgehead atoms. The number of hydrogen-bond donors (Lipinski definition) is 0. The van der Waals surface area contributed by atoms with Crippen LogP contribution in [0.15, 0.2) is 30.5 Å². The lowest BCUT2D eigenvalue weighted by Crippen LogP contribution is -2.48. The normalized spacial score (nSPS) is 24.5. The van der Waals surface area contributed by atoms with Crippen LogP contribution >= 0.6 is 0 Å². The van der Waals surface area contributed by atoms with Crippen LogP contribution in [-0.2, 0) is 0 Å². The quantitative estimate of drug-likeness (QED) is 0.699. The molecule has 0 radical (unpaired) electrons. The molecule has 0 aliphatic heterocycles. The summed E-state index contributed by atoms with van der Waals surface area (Å²) in [6.45, 7) is 0. The molecule has 1 aromatic rings. The van der Waals surface area contributed by atoms with Gasteiger partial charge in [0.25, 0.3) is 0 Å². The van der Waals surface area contributed by atoms with Crippen molar-refractivity contribution in [2.24, 2.45) is 0 Å². The molecule has 0 saturated heterocycles. The summed E-state index contributed by atoms with van der Waals surface area (Å²) in [7, 11) is 0. The summed E-state index contributed by atoms with van der Waals surface area (Å²) in [4.78, 5) is 3.37. The number of halogens is 6. The first-order valence-corrected chi connectivity index (χ1v) is 4.48. The lowest BCUT2D eigenvalue weighted by atomic mass is 10.1. The average molecular weight is 253 g/mol. The molecule has 0 fully saturated rings. The van der Waals surface area contributed by atoms with Crippen molar-refractivity contribution in [3.05, 3.63) is 36.2 Å².